The molecular weight excluding hydrogens is 222 g/mol. The second kappa shape index (κ2) is 4.99. The lowest BCUT2D eigenvalue weighted by Crippen LogP contribution is -2.38. The van der Waals surface area contributed by atoms with E-state index in [4.69, 9.17) is 5.11 Å². The number of nitrogens with zero attached hydrogens (tertiary/aromatic N) is 3. The number of aromatic carboxylic acids is 1. The Hall–Kier alpha value is -1.85. The smallest absolute Gasteiger partial charge is 0.354 e. The van der Waals surface area contributed by atoms with Crippen molar-refractivity contribution in [2.24, 2.45) is 0 Å². The van der Waals surface area contributed by atoms with Crippen molar-refractivity contribution < 1.29 is 14.7 Å². The van der Waals surface area contributed by atoms with Crippen LogP contribution in [0.4, 0.5) is 0 Å². The first-order valence-electron chi connectivity index (χ1n) is 5.71. The highest BCUT2D eigenvalue weighted by atomic mass is 16.4. The van der Waals surface area contributed by atoms with Crippen molar-refractivity contribution in [2.75, 3.05) is 13.1 Å². The summed E-state index contributed by atoms with van der Waals surface area (Å²) in [5.41, 5.74) is 0.0513. The molecule has 1 aromatic heterocycles. The maximum absolute atomic E-state index is 11.9. The van der Waals surface area contributed by atoms with E-state index >= 15 is 0 Å². The lowest BCUT2D eigenvalue weighted by molar-refractivity contribution is -0.132. The van der Waals surface area contributed by atoms with E-state index in [2.05, 4.69) is 5.10 Å². The Morgan fingerprint density at radius 1 is 1.29 bits per heavy atom. The lowest BCUT2D eigenvalue weighted by Gasteiger charge is -2.26. The highest BCUT2D eigenvalue weighted by molar-refractivity contribution is 5.86. The fourth-order valence-corrected chi connectivity index (χ4v) is 2.01. The average molecular weight is 237 g/mol. The van der Waals surface area contributed by atoms with Gasteiger partial charge in [0.15, 0.2) is 0 Å². The number of hydrogen-bond donors (Lipinski definition) is 1. The summed E-state index contributed by atoms with van der Waals surface area (Å²) in [7, 11) is 0. The first kappa shape index (κ1) is 11.6. The van der Waals surface area contributed by atoms with E-state index in [1.54, 1.807) is 4.90 Å². The molecule has 0 bridgehead atoms. The molecule has 1 fully saturated rings. The van der Waals surface area contributed by atoms with Gasteiger partial charge in [0, 0.05) is 19.3 Å². The van der Waals surface area contributed by atoms with Crippen LogP contribution in [-0.4, -0.2) is 44.8 Å². The standard InChI is InChI=1S/C11H15N3O3/c15-10(13-6-2-1-3-7-13)8-14-9(11(16)17)4-5-12-14/h4-5H,1-3,6-8H2,(H,16,17). The minimum Gasteiger partial charge on any atom is -0.477 e. The summed E-state index contributed by atoms with van der Waals surface area (Å²) in [5, 5.41) is 12.8. The highest BCUT2D eigenvalue weighted by Gasteiger charge is 2.19. The van der Waals surface area contributed by atoms with E-state index in [0.717, 1.165) is 32.4 Å². The maximum Gasteiger partial charge on any atom is 0.354 e. The molecule has 6 nitrogen and oxygen atoms in total. The monoisotopic (exact) mass is 237 g/mol. The van der Waals surface area contributed by atoms with Crippen LogP contribution in [0, 0.1) is 0 Å². The zero-order chi connectivity index (χ0) is 12.3. The Bertz CT molecular complexity index is 421. The number of carboxylic acids is 1. The fraction of sp³-hybridized carbons (Fsp3) is 0.545. The molecule has 0 unspecified atom stereocenters. The molecule has 92 valence electrons. The molecule has 0 spiro atoms. The normalized spacial score (nSPS) is 15.9. The molecule has 1 aliphatic heterocycles. The lowest BCUT2D eigenvalue weighted by atomic mass is 10.1. The van der Waals surface area contributed by atoms with Gasteiger partial charge in [-0.1, -0.05) is 0 Å². The SMILES string of the molecule is O=C(O)c1ccnn1CC(=O)N1CCCCC1. The topological polar surface area (TPSA) is 75.4 Å². The van der Waals surface area contributed by atoms with E-state index in [-0.39, 0.29) is 18.1 Å². The second-order valence-corrected chi connectivity index (χ2v) is 4.12. The van der Waals surface area contributed by atoms with Crippen LogP contribution in [-0.2, 0) is 11.3 Å². The number of hydrogen-bond acceptors (Lipinski definition) is 3. The Morgan fingerprint density at radius 3 is 2.65 bits per heavy atom. The summed E-state index contributed by atoms with van der Waals surface area (Å²) in [6.45, 7) is 1.54. The van der Waals surface area contributed by atoms with Gasteiger partial charge in [0.25, 0.3) is 0 Å². The Labute approximate surface area is 98.8 Å². The number of carbonyl (C=O) groups is 2. The van der Waals surface area contributed by atoms with Crippen molar-refractivity contribution in [3.8, 4) is 0 Å². The Balaban J connectivity index is 2.02. The van der Waals surface area contributed by atoms with E-state index in [1.807, 2.05) is 0 Å². The molecule has 2 rings (SSSR count). The van der Waals surface area contributed by atoms with Gasteiger partial charge in [-0.25, -0.2) is 9.48 Å². The van der Waals surface area contributed by atoms with Gasteiger partial charge >= 0.3 is 5.97 Å². The number of carboxylic acid groups (broad SMARTS) is 1. The predicted molar refractivity (Wildman–Crippen MR) is 59.6 cm³/mol. The third kappa shape index (κ3) is 2.64. The number of piperidine rings is 1. The molecule has 1 amide bonds. The van der Waals surface area contributed by atoms with Crippen LogP contribution in [0.1, 0.15) is 29.8 Å². The van der Waals surface area contributed by atoms with Crippen LogP contribution >= 0.6 is 0 Å². The molecule has 1 saturated heterocycles. The molecule has 17 heavy (non-hydrogen) atoms. The van der Waals surface area contributed by atoms with Gasteiger partial charge in [-0.3, -0.25) is 4.79 Å². The molecule has 1 aromatic rings. The van der Waals surface area contributed by atoms with E-state index in [1.165, 1.54) is 16.9 Å². The quantitative estimate of drug-likeness (QED) is 0.835. The van der Waals surface area contributed by atoms with Crippen LogP contribution in [0.5, 0.6) is 0 Å². The molecule has 0 aromatic carbocycles. The Kier molecular flexibility index (Phi) is 3.41. The minimum atomic E-state index is -1.06. The third-order valence-corrected chi connectivity index (χ3v) is 2.93. The number of likely N-dealkylation sites (tertiary alicyclic amines) is 1. The van der Waals surface area contributed by atoms with Gasteiger partial charge in [0.2, 0.25) is 5.91 Å². The summed E-state index contributed by atoms with van der Waals surface area (Å²) in [4.78, 5) is 24.5. The zero-order valence-electron chi connectivity index (χ0n) is 9.50. The van der Waals surface area contributed by atoms with Gasteiger partial charge in [0.05, 0.1) is 0 Å². The summed E-state index contributed by atoms with van der Waals surface area (Å²) in [5.74, 6) is -1.12. The third-order valence-electron chi connectivity index (χ3n) is 2.93. The van der Waals surface area contributed by atoms with Crippen molar-refractivity contribution in [1.82, 2.24) is 14.7 Å². The van der Waals surface area contributed by atoms with Crippen molar-refractivity contribution in [1.29, 1.82) is 0 Å². The van der Waals surface area contributed by atoms with E-state index in [0.29, 0.717) is 0 Å². The number of amides is 1. The van der Waals surface area contributed by atoms with Crippen LogP contribution in [0.2, 0.25) is 0 Å². The van der Waals surface area contributed by atoms with Gasteiger partial charge in [0.1, 0.15) is 12.2 Å². The first-order valence-corrected chi connectivity index (χ1v) is 5.71. The molecule has 0 aliphatic carbocycles. The van der Waals surface area contributed by atoms with Crippen LogP contribution < -0.4 is 0 Å². The molecule has 0 saturated carbocycles. The average Bonchev–Trinajstić information content (AvgIpc) is 2.78. The zero-order valence-corrected chi connectivity index (χ0v) is 9.50. The predicted octanol–water partition coefficient (Wildman–Crippen LogP) is 0.594. The molecule has 6 heteroatoms. The minimum absolute atomic E-state index is 0.00856. The Morgan fingerprint density at radius 2 is 2.00 bits per heavy atom. The van der Waals surface area contributed by atoms with Crippen molar-refractivity contribution >= 4 is 11.9 Å². The highest BCUT2D eigenvalue weighted by Crippen LogP contribution is 2.09. The van der Waals surface area contributed by atoms with Crippen molar-refractivity contribution in [3.63, 3.8) is 0 Å². The van der Waals surface area contributed by atoms with Crippen LogP contribution in [0.3, 0.4) is 0 Å². The van der Waals surface area contributed by atoms with E-state index < -0.39 is 5.97 Å². The summed E-state index contributed by atoms with van der Waals surface area (Å²) < 4.78 is 1.24. The maximum atomic E-state index is 11.9. The van der Waals surface area contributed by atoms with Gasteiger partial charge < -0.3 is 10.0 Å². The second-order valence-electron chi connectivity index (χ2n) is 4.12. The van der Waals surface area contributed by atoms with Crippen molar-refractivity contribution in [2.45, 2.75) is 25.8 Å². The summed E-state index contributed by atoms with van der Waals surface area (Å²) in [6, 6.07) is 1.39. The molecule has 2 heterocycles. The van der Waals surface area contributed by atoms with Gasteiger partial charge in [-0.2, -0.15) is 5.10 Å². The summed E-state index contributed by atoms with van der Waals surface area (Å²) >= 11 is 0. The number of aromatic nitrogens is 2. The molecule has 0 atom stereocenters. The van der Waals surface area contributed by atoms with Gasteiger partial charge in [-0.05, 0) is 25.3 Å². The first-order chi connectivity index (χ1) is 8.18. The fourth-order valence-electron chi connectivity index (χ4n) is 2.01. The largest absolute Gasteiger partial charge is 0.477 e. The molecule has 1 N–H and O–H groups in total. The number of carbonyl (C=O) groups excluding carboxylic acids is 1. The van der Waals surface area contributed by atoms with Crippen LogP contribution in [0.15, 0.2) is 12.3 Å². The molecular formula is C11H15N3O3. The summed E-state index contributed by atoms with van der Waals surface area (Å²) in [6.07, 6.45) is 4.60. The number of rotatable bonds is 3. The molecule has 1 aliphatic rings. The molecule has 0 radical (unpaired) electrons. The van der Waals surface area contributed by atoms with Crippen molar-refractivity contribution in [3.05, 3.63) is 18.0 Å². The van der Waals surface area contributed by atoms with E-state index in [9.17, 15) is 9.59 Å². The van der Waals surface area contributed by atoms with Gasteiger partial charge in [-0.15, -0.1) is 0 Å². The van der Waals surface area contributed by atoms with Crippen LogP contribution in [0.25, 0.3) is 0 Å².